The van der Waals surface area contributed by atoms with E-state index >= 15 is 0 Å². The van der Waals surface area contributed by atoms with Crippen molar-refractivity contribution in [1.82, 2.24) is 9.91 Å². The fourth-order valence-electron chi connectivity index (χ4n) is 1.93. The highest BCUT2D eigenvalue weighted by atomic mass is 16.7. The van der Waals surface area contributed by atoms with Gasteiger partial charge >= 0.3 is 0 Å². The molecule has 1 atom stereocenters. The highest BCUT2D eigenvalue weighted by molar-refractivity contribution is 5.76. The molecule has 0 saturated carbocycles. The summed E-state index contributed by atoms with van der Waals surface area (Å²) >= 11 is 0. The first kappa shape index (κ1) is 15.6. The van der Waals surface area contributed by atoms with Crippen LogP contribution < -0.4 is 0 Å². The van der Waals surface area contributed by atoms with E-state index in [9.17, 15) is 19.7 Å². The highest BCUT2D eigenvalue weighted by Crippen LogP contribution is 2.12. The van der Waals surface area contributed by atoms with Crippen LogP contribution in [0.5, 0.6) is 0 Å². The largest absolute Gasteiger partial charge is 0.313 e. The van der Waals surface area contributed by atoms with Crippen LogP contribution >= 0.6 is 0 Å². The number of amides is 2. The molecule has 7 heteroatoms. The van der Waals surface area contributed by atoms with Crippen LogP contribution in [0.15, 0.2) is 30.3 Å². The van der Waals surface area contributed by atoms with Crippen molar-refractivity contribution in [3.63, 3.8) is 0 Å². The predicted molar refractivity (Wildman–Crippen MR) is 71.6 cm³/mol. The van der Waals surface area contributed by atoms with Gasteiger partial charge in [-0.25, -0.2) is 10.1 Å². The van der Waals surface area contributed by atoms with Gasteiger partial charge in [-0.2, -0.15) is 0 Å². The maximum Gasteiger partial charge on any atom is 0.282 e. The fourth-order valence-corrected chi connectivity index (χ4v) is 1.93. The topological polar surface area (TPSA) is 83.8 Å². The van der Waals surface area contributed by atoms with Gasteiger partial charge in [0.15, 0.2) is 11.2 Å². The van der Waals surface area contributed by atoms with E-state index in [0.29, 0.717) is 5.01 Å². The molecule has 108 valence electrons. The van der Waals surface area contributed by atoms with Gasteiger partial charge in [0.2, 0.25) is 5.91 Å². The van der Waals surface area contributed by atoms with E-state index in [1.807, 2.05) is 30.3 Å². The minimum Gasteiger partial charge on any atom is -0.313 e. The monoisotopic (exact) mass is 279 g/mol. The number of benzene rings is 1. The summed E-state index contributed by atoms with van der Waals surface area (Å²) in [7, 11) is 0. The van der Waals surface area contributed by atoms with E-state index in [1.165, 1.54) is 18.7 Å². The maximum absolute atomic E-state index is 11.7. The van der Waals surface area contributed by atoms with Gasteiger partial charge in [0.25, 0.3) is 5.91 Å². The minimum atomic E-state index is -0.958. The Morgan fingerprint density at radius 3 is 2.15 bits per heavy atom. The Balaban J connectivity index is 2.98. The van der Waals surface area contributed by atoms with Crippen LogP contribution in [0.4, 0.5) is 0 Å². The molecule has 20 heavy (non-hydrogen) atoms. The summed E-state index contributed by atoms with van der Waals surface area (Å²) in [4.78, 5) is 35.3. The molecule has 0 heterocycles. The van der Waals surface area contributed by atoms with Gasteiger partial charge in [0.1, 0.15) is 0 Å². The normalized spacial score (nSPS) is 11.6. The van der Waals surface area contributed by atoms with E-state index in [1.54, 1.807) is 0 Å². The Labute approximate surface area is 116 Å². The lowest BCUT2D eigenvalue weighted by Crippen LogP contribution is -2.52. The zero-order chi connectivity index (χ0) is 15.3. The number of hydrogen-bond donors (Lipinski definition) is 0. The molecule has 0 N–H and O–H groups in total. The Hall–Kier alpha value is -2.44. The second-order valence-corrected chi connectivity index (χ2v) is 4.37. The molecule has 0 fully saturated rings. The van der Waals surface area contributed by atoms with Crippen molar-refractivity contribution in [2.75, 3.05) is 0 Å². The number of nitrogens with zero attached hydrogens (tertiary/aromatic N) is 3. The molecule has 1 aromatic carbocycles. The van der Waals surface area contributed by atoms with Gasteiger partial charge in [-0.05, 0) is 17.5 Å². The van der Waals surface area contributed by atoms with Gasteiger partial charge in [-0.15, -0.1) is 0 Å². The number of carbonyl (C=O) groups is 2. The van der Waals surface area contributed by atoms with Crippen molar-refractivity contribution < 1.29 is 14.6 Å². The lowest BCUT2D eigenvalue weighted by molar-refractivity contribution is -0.646. The van der Waals surface area contributed by atoms with Gasteiger partial charge in [0.05, 0.1) is 0 Å². The molecule has 7 nitrogen and oxygen atoms in total. The third kappa shape index (κ3) is 3.78. The molecule has 0 aromatic heterocycles. The molecule has 0 radical (unpaired) electrons. The van der Waals surface area contributed by atoms with Gasteiger partial charge in [-0.1, -0.05) is 30.3 Å². The molecule has 1 rings (SSSR count). The Morgan fingerprint density at radius 2 is 1.75 bits per heavy atom. The molecule has 0 aliphatic rings. The van der Waals surface area contributed by atoms with Crippen LogP contribution in [-0.2, 0) is 16.1 Å². The quantitative estimate of drug-likeness (QED) is 0.463. The third-order valence-electron chi connectivity index (χ3n) is 2.90. The first-order valence-corrected chi connectivity index (χ1v) is 6.09. The van der Waals surface area contributed by atoms with Crippen LogP contribution in [0, 0.1) is 10.1 Å². The number of carbonyl (C=O) groups excluding carboxylic acids is 2. The molecule has 2 amide bonds. The van der Waals surface area contributed by atoms with Crippen LogP contribution in [0.1, 0.15) is 26.3 Å². The van der Waals surface area contributed by atoms with Crippen LogP contribution in [0.25, 0.3) is 0 Å². The average molecular weight is 279 g/mol. The van der Waals surface area contributed by atoms with Crippen molar-refractivity contribution in [3.8, 4) is 0 Å². The van der Waals surface area contributed by atoms with Crippen LogP contribution in [-0.4, -0.2) is 32.9 Å². The first-order chi connectivity index (χ1) is 9.34. The van der Waals surface area contributed by atoms with Gasteiger partial charge in [0, 0.05) is 20.4 Å². The van der Waals surface area contributed by atoms with Crippen molar-refractivity contribution in [3.05, 3.63) is 46.0 Å². The molecule has 1 unspecified atom stereocenters. The van der Waals surface area contributed by atoms with Crippen LogP contribution in [0.2, 0.25) is 0 Å². The number of rotatable bonds is 5. The highest BCUT2D eigenvalue weighted by Gasteiger charge is 2.33. The second kappa shape index (κ2) is 6.65. The fraction of sp³-hybridized carbons (Fsp3) is 0.385. The van der Waals surface area contributed by atoms with Gasteiger partial charge in [-0.3, -0.25) is 9.59 Å². The summed E-state index contributed by atoms with van der Waals surface area (Å²) in [6.45, 7) is 4.07. The molecule has 0 saturated heterocycles. The Bertz CT molecular complexity index is 490. The summed E-state index contributed by atoms with van der Waals surface area (Å²) in [5.41, 5.74) is 0.835. The zero-order valence-corrected chi connectivity index (χ0v) is 11.6. The molecule has 0 spiro atoms. The Morgan fingerprint density at radius 1 is 1.20 bits per heavy atom. The van der Waals surface area contributed by atoms with E-state index in [-0.39, 0.29) is 12.5 Å². The summed E-state index contributed by atoms with van der Waals surface area (Å²) in [6, 6.07) is 9.09. The smallest absolute Gasteiger partial charge is 0.282 e. The number of nitro groups is 1. The van der Waals surface area contributed by atoms with Crippen molar-refractivity contribution >= 4 is 11.8 Å². The maximum atomic E-state index is 11.7. The van der Waals surface area contributed by atoms with Crippen molar-refractivity contribution in [1.29, 1.82) is 0 Å². The van der Waals surface area contributed by atoms with Crippen molar-refractivity contribution in [2.24, 2.45) is 0 Å². The van der Waals surface area contributed by atoms with E-state index < -0.39 is 17.1 Å². The average Bonchev–Trinajstić information content (AvgIpc) is 2.35. The second-order valence-electron chi connectivity index (χ2n) is 4.37. The summed E-state index contributed by atoms with van der Waals surface area (Å²) in [5.74, 6) is -1.06. The number of hydrazine groups is 1. The summed E-state index contributed by atoms with van der Waals surface area (Å²) < 4.78 is 0. The lowest BCUT2D eigenvalue weighted by Gasteiger charge is -2.30. The lowest BCUT2D eigenvalue weighted by atomic mass is 10.2. The van der Waals surface area contributed by atoms with Crippen LogP contribution in [0.3, 0.4) is 0 Å². The molecular formula is C13H17N3O4. The van der Waals surface area contributed by atoms with Gasteiger partial charge < -0.3 is 4.90 Å². The standard InChI is InChI=1S/C13H17N3O4/c1-10(15(12(3)18)16(19)20)14(11(2)17)9-13-7-5-4-6-8-13/h4-8,10H,9H2,1-3H3. The SMILES string of the molecule is CC(=O)N(Cc1ccccc1)C(C)N(C(C)=O)[N+](=O)[O-]. The zero-order valence-electron chi connectivity index (χ0n) is 11.6. The first-order valence-electron chi connectivity index (χ1n) is 6.09. The van der Waals surface area contributed by atoms with E-state index in [0.717, 1.165) is 12.5 Å². The van der Waals surface area contributed by atoms with Crippen molar-refractivity contribution in [2.45, 2.75) is 33.5 Å². The molecule has 0 aliphatic carbocycles. The molecular weight excluding hydrogens is 262 g/mol. The summed E-state index contributed by atoms with van der Waals surface area (Å²) in [5, 5.41) is 10.6. The summed E-state index contributed by atoms with van der Waals surface area (Å²) in [6.07, 6.45) is -0.958. The molecule has 0 bridgehead atoms. The number of hydrogen-bond acceptors (Lipinski definition) is 4. The predicted octanol–water partition coefficient (Wildman–Crippen LogP) is 1.42. The van der Waals surface area contributed by atoms with E-state index in [2.05, 4.69) is 0 Å². The Kier molecular flexibility index (Phi) is 5.19. The molecule has 0 aliphatic heterocycles. The molecule has 1 aromatic rings. The van der Waals surface area contributed by atoms with E-state index in [4.69, 9.17) is 0 Å². The third-order valence-corrected chi connectivity index (χ3v) is 2.90. The minimum absolute atomic E-state index is 0.203.